The molecule has 0 amide bonds. The predicted molar refractivity (Wildman–Crippen MR) is 57.3 cm³/mol. The molecule has 72 valence electrons. The summed E-state index contributed by atoms with van der Waals surface area (Å²) in [6.07, 6.45) is 8.45. The van der Waals surface area contributed by atoms with Crippen molar-refractivity contribution in [2.75, 3.05) is 0 Å². The molecular weight excluding hydrogens is 144 g/mol. The fourth-order valence-electron chi connectivity index (χ4n) is 1.11. The summed E-state index contributed by atoms with van der Waals surface area (Å²) in [5.41, 5.74) is 0.439. The summed E-state index contributed by atoms with van der Waals surface area (Å²) in [6.45, 7) is 11.4. The third kappa shape index (κ3) is 4.58. The van der Waals surface area contributed by atoms with Crippen LogP contribution >= 0.6 is 0 Å². The first-order valence-electron chi connectivity index (χ1n) is 5.21. The van der Waals surface area contributed by atoms with Crippen LogP contribution in [0.25, 0.3) is 0 Å². The van der Waals surface area contributed by atoms with Crippen molar-refractivity contribution < 1.29 is 0 Å². The molecule has 0 aliphatic rings. The minimum atomic E-state index is 0.439. The number of rotatable bonds is 5. The average molecular weight is 168 g/mol. The highest BCUT2D eigenvalue weighted by Crippen LogP contribution is 2.27. The van der Waals surface area contributed by atoms with Crippen molar-refractivity contribution in [3.63, 3.8) is 0 Å². The minimum Gasteiger partial charge on any atom is -0.0877 e. The van der Waals surface area contributed by atoms with Gasteiger partial charge in [-0.25, -0.2) is 0 Å². The molecule has 0 saturated heterocycles. The molecule has 12 heavy (non-hydrogen) atoms. The molecule has 0 heteroatoms. The minimum absolute atomic E-state index is 0.439. The van der Waals surface area contributed by atoms with Crippen molar-refractivity contribution >= 4 is 0 Å². The van der Waals surface area contributed by atoms with Gasteiger partial charge in [0.15, 0.2) is 0 Å². The van der Waals surface area contributed by atoms with E-state index in [1.165, 1.54) is 19.3 Å². The molecule has 0 aromatic heterocycles. The van der Waals surface area contributed by atoms with Crippen LogP contribution in [0.15, 0.2) is 12.2 Å². The molecule has 0 radical (unpaired) electrons. The molecule has 0 unspecified atom stereocenters. The van der Waals surface area contributed by atoms with E-state index in [0.29, 0.717) is 5.41 Å². The van der Waals surface area contributed by atoms with E-state index in [0.717, 1.165) is 5.92 Å². The van der Waals surface area contributed by atoms with E-state index in [2.05, 4.69) is 46.8 Å². The normalized spacial score (nSPS) is 13.2. The van der Waals surface area contributed by atoms with Crippen LogP contribution in [0.1, 0.15) is 53.9 Å². The van der Waals surface area contributed by atoms with Gasteiger partial charge in [-0.3, -0.25) is 0 Å². The quantitative estimate of drug-likeness (QED) is 0.533. The molecule has 0 aliphatic carbocycles. The van der Waals surface area contributed by atoms with E-state index < -0.39 is 0 Å². The first-order valence-corrected chi connectivity index (χ1v) is 5.21. The van der Waals surface area contributed by atoms with Gasteiger partial charge in [0.1, 0.15) is 0 Å². The van der Waals surface area contributed by atoms with Crippen LogP contribution in [0.5, 0.6) is 0 Å². The van der Waals surface area contributed by atoms with Gasteiger partial charge >= 0.3 is 0 Å². The van der Waals surface area contributed by atoms with E-state index in [-0.39, 0.29) is 0 Å². The Morgan fingerprint density at radius 1 is 1.17 bits per heavy atom. The van der Waals surface area contributed by atoms with Crippen molar-refractivity contribution in [2.24, 2.45) is 11.3 Å². The molecule has 0 nitrogen and oxygen atoms in total. The van der Waals surface area contributed by atoms with Gasteiger partial charge in [-0.2, -0.15) is 0 Å². The van der Waals surface area contributed by atoms with Crippen LogP contribution < -0.4 is 0 Å². The van der Waals surface area contributed by atoms with E-state index in [1.807, 2.05) is 0 Å². The van der Waals surface area contributed by atoms with Crippen LogP contribution in [-0.2, 0) is 0 Å². The molecule has 0 aromatic carbocycles. The SMILES string of the molecule is CCC(C)(/C=C/CC(C)C)CC. The maximum absolute atomic E-state index is 2.40. The maximum Gasteiger partial charge on any atom is -0.0152 e. The predicted octanol–water partition coefficient (Wildman–Crippen LogP) is 4.42. The van der Waals surface area contributed by atoms with Gasteiger partial charge in [-0.15, -0.1) is 0 Å². The Kier molecular flexibility index (Phi) is 5.28. The molecule has 0 N–H and O–H groups in total. The van der Waals surface area contributed by atoms with Crippen LogP contribution in [0.3, 0.4) is 0 Å². The summed E-state index contributed by atoms with van der Waals surface area (Å²) in [5.74, 6) is 0.791. The lowest BCUT2D eigenvalue weighted by molar-refractivity contribution is 0.394. The van der Waals surface area contributed by atoms with Crippen LogP contribution in [-0.4, -0.2) is 0 Å². The summed E-state index contributed by atoms with van der Waals surface area (Å²) >= 11 is 0. The lowest BCUT2D eigenvalue weighted by Crippen LogP contribution is -2.09. The Morgan fingerprint density at radius 2 is 1.67 bits per heavy atom. The smallest absolute Gasteiger partial charge is 0.0152 e. The zero-order valence-corrected chi connectivity index (χ0v) is 9.35. The van der Waals surface area contributed by atoms with Crippen molar-refractivity contribution in [2.45, 2.75) is 53.9 Å². The first-order chi connectivity index (χ1) is 5.54. The molecule has 0 spiro atoms. The summed E-state index contributed by atoms with van der Waals surface area (Å²) in [5, 5.41) is 0. The zero-order valence-electron chi connectivity index (χ0n) is 9.35. The second-order valence-electron chi connectivity index (χ2n) is 4.39. The second kappa shape index (κ2) is 5.40. The highest BCUT2D eigenvalue weighted by Gasteiger charge is 2.14. The summed E-state index contributed by atoms with van der Waals surface area (Å²) in [4.78, 5) is 0. The molecule has 0 atom stereocenters. The third-order valence-corrected chi connectivity index (χ3v) is 2.74. The molecular formula is C12H24. The first kappa shape index (κ1) is 11.7. The fourth-order valence-corrected chi connectivity index (χ4v) is 1.11. The van der Waals surface area contributed by atoms with Gasteiger partial charge in [0.25, 0.3) is 0 Å². The Balaban J connectivity index is 3.93. The third-order valence-electron chi connectivity index (χ3n) is 2.74. The van der Waals surface area contributed by atoms with Gasteiger partial charge in [0.05, 0.1) is 0 Å². The molecule has 0 heterocycles. The van der Waals surface area contributed by atoms with Crippen molar-refractivity contribution in [3.05, 3.63) is 12.2 Å². The second-order valence-corrected chi connectivity index (χ2v) is 4.39. The van der Waals surface area contributed by atoms with Gasteiger partial charge in [0.2, 0.25) is 0 Å². The fraction of sp³-hybridized carbons (Fsp3) is 0.833. The van der Waals surface area contributed by atoms with Crippen LogP contribution in [0.2, 0.25) is 0 Å². The Hall–Kier alpha value is -0.260. The van der Waals surface area contributed by atoms with Gasteiger partial charge in [-0.05, 0) is 30.6 Å². The number of hydrogen-bond donors (Lipinski definition) is 0. The molecule has 0 aromatic rings. The maximum atomic E-state index is 2.40. The Bertz CT molecular complexity index is 127. The highest BCUT2D eigenvalue weighted by molar-refractivity contribution is 4.96. The average Bonchev–Trinajstić information content (AvgIpc) is 2.03. The molecule has 0 saturated carbocycles. The van der Waals surface area contributed by atoms with Crippen LogP contribution in [0, 0.1) is 11.3 Å². The summed E-state index contributed by atoms with van der Waals surface area (Å²) in [7, 11) is 0. The molecule has 0 fully saturated rings. The monoisotopic (exact) mass is 168 g/mol. The van der Waals surface area contributed by atoms with Crippen molar-refractivity contribution in [1.82, 2.24) is 0 Å². The zero-order chi connectivity index (χ0) is 9.61. The van der Waals surface area contributed by atoms with Gasteiger partial charge in [0, 0.05) is 0 Å². The Morgan fingerprint density at radius 3 is 2.00 bits per heavy atom. The van der Waals surface area contributed by atoms with E-state index in [1.54, 1.807) is 0 Å². The van der Waals surface area contributed by atoms with E-state index in [9.17, 15) is 0 Å². The largest absolute Gasteiger partial charge is 0.0877 e. The van der Waals surface area contributed by atoms with Gasteiger partial charge < -0.3 is 0 Å². The lowest BCUT2D eigenvalue weighted by atomic mass is 9.84. The summed E-state index contributed by atoms with van der Waals surface area (Å²) < 4.78 is 0. The molecule has 0 rings (SSSR count). The number of hydrogen-bond acceptors (Lipinski definition) is 0. The van der Waals surface area contributed by atoms with E-state index in [4.69, 9.17) is 0 Å². The van der Waals surface area contributed by atoms with Crippen LogP contribution in [0.4, 0.5) is 0 Å². The van der Waals surface area contributed by atoms with E-state index >= 15 is 0 Å². The van der Waals surface area contributed by atoms with Crippen molar-refractivity contribution in [3.8, 4) is 0 Å². The number of allylic oxidation sites excluding steroid dienone is 2. The highest BCUT2D eigenvalue weighted by atomic mass is 14.2. The Labute approximate surface area is 78.1 Å². The van der Waals surface area contributed by atoms with Crippen molar-refractivity contribution in [1.29, 1.82) is 0 Å². The topological polar surface area (TPSA) is 0 Å². The molecule has 0 bridgehead atoms. The summed E-state index contributed by atoms with van der Waals surface area (Å²) in [6, 6.07) is 0. The lowest BCUT2D eigenvalue weighted by Gasteiger charge is -2.21. The molecule has 0 aliphatic heterocycles. The standard InChI is InChI=1S/C12H24/c1-6-12(5,7-2)10-8-9-11(3)4/h8,10-11H,6-7,9H2,1-5H3/b10-8+. The van der Waals surface area contributed by atoms with Gasteiger partial charge in [-0.1, -0.05) is 46.8 Å².